The van der Waals surface area contributed by atoms with Gasteiger partial charge in [-0.25, -0.2) is 0 Å². The third kappa shape index (κ3) is 1.55. The van der Waals surface area contributed by atoms with Crippen LogP contribution in [-0.2, 0) is 0 Å². The number of hydrogen-bond donors (Lipinski definition) is 1. The molecule has 12 heavy (non-hydrogen) atoms. The maximum atomic E-state index is 3.30. The Labute approximate surface area is 85.8 Å². The van der Waals surface area contributed by atoms with E-state index in [2.05, 4.69) is 49.6 Å². The molecule has 2 rings (SSSR count). The maximum absolute atomic E-state index is 3.30. The Morgan fingerprint density at radius 1 is 1.25 bits per heavy atom. The molecule has 2 nitrogen and oxygen atoms in total. The van der Waals surface area contributed by atoms with Crippen molar-refractivity contribution in [2.24, 2.45) is 0 Å². The first-order valence-corrected chi connectivity index (χ1v) is 4.76. The summed E-state index contributed by atoms with van der Waals surface area (Å²) in [6, 6.07) is 10.3. The molecule has 0 fully saturated rings. The van der Waals surface area contributed by atoms with E-state index >= 15 is 0 Å². The van der Waals surface area contributed by atoms with Crippen LogP contribution < -0.4 is 5.32 Å². The highest BCUT2D eigenvalue weighted by molar-refractivity contribution is 14.1. The van der Waals surface area contributed by atoms with E-state index in [1.165, 1.54) is 11.3 Å². The molecule has 1 aromatic carbocycles. The topological polar surface area (TPSA) is 15.3 Å². The van der Waals surface area contributed by atoms with Gasteiger partial charge in [-0.1, -0.05) is 30.3 Å². The summed E-state index contributed by atoms with van der Waals surface area (Å²) in [6.07, 6.45) is 2.11. The van der Waals surface area contributed by atoms with Gasteiger partial charge in [0.05, 0.1) is 35.2 Å². The summed E-state index contributed by atoms with van der Waals surface area (Å²) in [7, 11) is 0. The molecule has 0 bridgehead atoms. The fraction of sp³-hybridized carbons (Fsp3) is 0.111. The lowest BCUT2D eigenvalue weighted by atomic mass is 10.2. The molecule has 0 atom stereocenters. The molecule has 0 aromatic heterocycles. The van der Waals surface area contributed by atoms with Crippen LogP contribution in [0.1, 0.15) is 5.56 Å². The first-order chi connectivity index (χ1) is 5.86. The molecular formula is C9H9IN2. The highest BCUT2D eigenvalue weighted by Crippen LogP contribution is 2.18. The SMILES string of the molecule is IN1C=C(c2ccccc2)NC1. The van der Waals surface area contributed by atoms with Gasteiger partial charge in [0.15, 0.2) is 0 Å². The first kappa shape index (κ1) is 7.91. The predicted octanol–water partition coefficient (Wildman–Crippen LogP) is 2.20. The second kappa shape index (κ2) is 3.35. The second-order valence-corrected chi connectivity index (χ2v) is 3.88. The van der Waals surface area contributed by atoms with Gasteiger partial charge in [0, 0.05) is 6.20 Å². The van der Waals surface area contributed by atoms with E-state index in [0.29, 0.717) is 0 Å². The number of nitrogens with zero attached hydrogens (tertiary/aromatic N) is 1. The summed E-state index contributed by atoms with van der Waals surface area (Å²) in [6.45, 7) is 0.894. The predicted molar refractivity (Wildman–Crippen MR) is 58.3 cm³/mol. The molecule has 1 aliphatic rings. The third-order valence-corrected chi connectivity index (χ3v) is 2.39. The molecule has 1 aromatic rings. The van der Waals surface area contributed by atoms with Crippen molar-refractivity contribution in [3.8, 4) is 0 Å². The van der Waals surface area contributed by atoms with Crippen LogP contribution in [0.4, 0.5) is 0 Å². The Balaban J connectivity index is 2.27. The zero-order valence-electron chi connectivity index (χ0n) is 6.50. The van der Waals surface area contributed by atoms with Crippen LogP contribution in [0.25, 0.3) is 5.70 Å². The van der Waals surface area contributed by atoms with Gasteiger partial charge < -0.3 is 8.43 Å². The van der Waals surface area contributed by atoms with Crippen LogP contribution in [0.2, 0.25) is 0 Å². The van der Waals surface area contributed by atoms with E-state index in [0.717, 1.165) is 6.67 Å². The molecule has 0 unspecified atom stereocenters. The van der Waals surface area contributed by atoms with Crippen molar-refractivity contribution in [3.63, 3.8) is 0 Å². The molecule has 1 aliphatic heterocycles. The van der Waals surface area contributed by atoms with Gasteiger partial charge in [-0.2, -0.15) is 0 Å². The lowest BCUT2D eigenvalue weighted by molar-refractivity contribution is 0.677. The van der Waals surface area contributed by atoms with Gasteiger partial charge >= 0.3 is 0 Å². The summed E-state index contributed by atoms with van der Waals surface area (Å²) < 4.78 is 2.10. The quantitative estimate of drug-likeness (QED) is 0.622. The largest absolute Gasteiger partial charge is 0.365 e. The highest BCUT2D eigenvalue weighted by Gasteiger charge is 2.08. The second-order valence-electron chi connectivity index (χ2n) is 2.64. The molecular weight excluding hydrogens is 263 g/mol. The smallest absolute Gasteiger partial charge is 0.0967 e. The van der Waals surface area contributed by atoms with E-state index in [4.69, 9.17) is 0 Å². The van der Waals surface area contributed by atoms with Crippen molar-refractivity contribution in [2.75, 3.05) is 6.67 Å². The zero-order chi connectivity index (χ0) is 8.39. The van der Waals surface area contributed by atoms with Gasteiger partial charge in [-0.05, 0) is 5.56 Å². The van der Waals surface area contributed by atoms with Crippen molar-refractivity contribution in [1.82, 2.24) is 8.43 Å². The molecule has 0 saturated carbocycles. The van der Waals surface area contributed by atoms with Crippen LogP contribution in [-0.4, -0.2) is 9.78 Å². The Hall–Kier alpha value is -0.710. The van der Waals surface area contributed by atoms with Crippen LogP contribution in [0.5, 0.6) is 0 Å². The number of halogens is 1. The van der Waals surface area contributed by atoms with Gasteiger partial charge in [-0.15, -0.1) is 0 Å². The van der Waals surface area contributed by atoms with Crippen molar-refractivity contribution in [3.05, 3.63) is 42.1 Å². The minimum Gasteiger partial charge on any atom is -0.365 e. The van der Waals surface area contributed by atoms with Gasteiger partial charge in [0.1, 0.15) is 0 Å². The standard InChI is InChI=1S/C9H9IN2/c10-12-6-9(11-7-12)8-4-2-1-3-5-8/h1-6,11H,7H2. The Morgan fingerprint density at radius 2 is 2.00 bits per heavy atom. The molecule has 0 saturated heterocycles. The molecule has 0 spiro atoms. The molecule has 0 aliphatic carbocycles. The zero-order valence-corrected chi connectivity index (χ0v) is 8.65. The summed E-state index contributed by atoms with van der Waals surface area (Å²) in [5.41, 5.74) is 2.45. The van der Waals surface area contributed by atoms with E-state index in [9.17, 15) is 0 Å². The summed E-state index contributed by atoms with van der Waals surface area (Å²) in [5.74, 6) is 0. The molecule has 0 radical (unpaired) electrons. The van der Waals surface area contributed by atoms with E-state index in [1.807, 2.05) is 18.2 Å². The van der Waals surface area contributed by atoms with Crippen molar-refractivity contribution < 1.29 is 0 Å². The molecule has 0 amide bonds. The number of benzene rings is 1. The van der Waals surface area contributed by atoms with Gasteiger partial charge in [0.2, 0.25) is 0 Å². The Kier molecular flexibility index (Phi) is 2.21. The van der Waals surface area contributed by atoms with E-state index < -0.39 is 0 Å². The lowest BCUT2D eigenvalue weighted by Gasteiger charge is -2.01. The van der Waals surface area contributed by atoms with Crippen LogP contribution in [0.15, 0.2) is 36.5 Å². The van der Waals surface area contributed by atoms with Crippen LogP contribution in [0, 0.1) is 0 Å². The van der Waals surface area contributed by atoms with Crippen molar-refractivity contribution >= 4 is 28.6 Å². The van der Waals surface area contributed by atoms with Gasteiger partial charge in [0.25, 0.3) is 0 Å². The number of nitrogens with one attached hydrogen (secondary N) is 1. The average molecular weight is 272 g/mol. The summed E-state index contributed by atoms with van der Waals surface area (Å²) in [4.78, 5) is 0. The first-order valence-electron chi connectivity index (χ1n) is 3.80. The number of hydrogen-bond acceptors (Lipinski definition) is 2. The van der Waals surface area contributed by atoms with Gasteiger partial charge in [-0.3, -0.25) is 0 Å². The molecule has 62 valence electrons. The van der Waals surface area contributed by atoms with E-state index in [-0.39, 0.29) is 0 Å². The maximum Gasteiger partial charge on any atom is 0.0967 e. The fourth-order valence-electron chi connectivity index (χ4n) is 1.19. The normalized spacial score (nSPS) is 15.8. The lowest BCUT2D eigenvalue weighted by Crippen LogP contribution is -2.12. The Morgan fingerprint density at radius 3 is 2.58 bits per heavy atom. The number of rotatable bonds is 1. The van der Waals surface area contributed by atoms with Crippen molar-refractivity contribution in [2.45, 2.75) is 0 Å². The minimum atomic E-state index is 0.894. The van der Waals surface area contributed by atoms with Crippen LogP contribution >= 0.6 is 22.9 Å². The van der Waals surface area contributed by atoms with E-state index in [1.54, 1.807) is 0 Å². The average Bonchev–Trinajstić information content (AvgIpc) is 2.54. The van der Waals surface area contributed by atoms with Crippen molar-refractivity contribution in [1.29, 1.82) is 0 Å². The molecule has 1 heterocycles. The van der Waals surface area contributed by atoms with Crippen LogP contribution in [0.3, 0.4) is 0 Å². The minimum absolute atomic E-state index is 0.894. The summed E-state index contributed by atoms with van der Waals surface area (Å²) >= 11 is 2.27. The molecule has 1 N–H and O–H groups in total. The monoisotopic (exact) mass is 272 g/mol. The summed E-state index contributed by atoms with van der Waals surface area (Å²) in [5, 5.41) is 3.30. The fourth-order valence-corrected chi connectivity index (χ4v) is 1.64. The molecule has 3 heteroatoms. The Bertz CT molecular complexity index is 295. The third-order valence-electron chi connectivity index (χ3n) is 1.77. The highest BCUT2D eigenvalue weighted by atomic mass is 127.